The molecule has 0 N–H and O–H groups in total. The highest BCUT2D eigenvalue weighted by molar-refractivity contribution is 5.78. The van der Waals surface area contributed by atoms with Crippen LogP contribution in [0.3, 0.4) is 0 Å². The van der Waals surface area contributed by atoms with Crippen molar-refractivity contribution in [1.29, 1.82) is 0 Å². The highest BCUT2D eigenvalue weighted by atomic mass is 16.5. The van der Waals surface area contributed by atoms with Crippen LogP contribution in [0.1, 0.15) is 51.5 Å². The van der Waals surface area contributed by atoms with Crippen molar-refractivity contribution >= 4 is 5.97 Å². The van der Waals surface area contributed by atoms with Crippen molar-refractivity contribution in [1.82, 2.24) is 0 Å². The van der Waals surface area contributed by atoms with Gasteiger partial charge in [0.15, 0.2) is 0 Å². The summed E-state index contributed by atoms with van der Waals surface area (Å²) >= 11 is 0. The highest BCUT2D eigenvalue weighted by Gasteiger charge is 2.50. The van der Waals surface area contributed by atoms with Crippen LogP contribution in [0.4, 0.5) is 0 Å². The standard InChI is InChI=1S/C18H26O3/c1-3-12-18(17(19)20-4-2)13-8-11-16(18)21-14-15-9-6-5-7-10-15/h5-7,9-10,16H,3-4,8,11-14H2,1-2H3. The Balaban J connectivity index is 2.06. The van der Waals surface area contributed by atoms with Gasteiger partial charge in [0.1, 0.15) is 0 Å². The third-order valence-corrected chi connectivity index (χ3v) is 4.38. The molecule has 0 aromatic heterocycles. The lowest BCUT2D eigenvalue weighted by Crippen LogP contribution is -2.41. The minimum atomic E-state index is -0.431. The van der Waals surface area contributed by atoms with Gasteiger partial charge in [-0.1, -0.05) is 43.7 Å². The number of ether oxygens (including phenoxy) is 2. The molecule has 3 nitrogen and oxygen atoms in total. The summed E-state index contributed by atoms with van der Waals surface area (Å²) in [6.07, 6.45) is 4.69. The van der Waals surface area contributed by atoms with Gasteiger partial charge in [0, 0.05) is 0 Å². The zero-order valence-corrected chi connectivity index (χ0v) is 13.1. The van der Waals surface area contributed by atoms with E-state index in [0.29, 0.717) is 13.2 Å². The Bertz CT molecular complexity index is 443. The Morgan fingerprint density at radius 1 is 1.29 bits per heavy atom. The molecule has 1 aromatic rings. The summed E-state index contributed by atoms with van der Waals surface area (Å²) in [5, 5.41) is 0. The maximum Gasteiger partial charge on any atom is 0.314 e. The van der Waals surface area contributed by atoms with Gasteiger partial charge in [-0.15, -0.1) is 0 Å². The number of carbonyl (C=O) groups excluding carboxylic acids is 1. The highest BCUT2D eigenvalue weighted by Crippen LogP contribution is 2.45. The second-order valence-electron chi connectivity index (χ2n) is 5.80. The zero-order chi connectivity index (χ0) is 15.1. The molecule has 0 bridgehead atoms. The van der Waals surface area contributed by atoms with Crippen molar-refractivity contribution in [2.75, 3.05) is 6.61 Å². The Morgan fingerprint density at radius 3 is 2.71 bits per heavy atom. The van der Waals surface area contributed by atoms with Gasteiger partial charge in [-0.05, 0) is 38.2 Å². The van der Waals surface area contributed by atoms with E-state index in [-0.39, 0.29) is 12.1 Å². The summed E-state index contributed by atoms with van der Waals surface area (Å²) in [7, 11) is 0. The Morgan fingerprint density at radius 2 is 2.05 bits per heavy atom. The number of benzene rings is 1. The fraction of sp³-hybridized carbons (Fsp3) is 0.611. The molecule has 1 aliphatic carbocycles. The molecule has 3 heteroatoms. The molecule has 0 amide bonds. The monoisotopic (exact) mass is 290 g/mol. The van der Waals surface area contributed by atoms with E-state index in [1.807, 2.05) is 25.1 Å². The predicted molar refractivity (Wildman–Crippen MR) is 82.8 cm³/mol. The molecule has 21 heavy (non-hydrogen) atoms. The third kappa shape index (κ3) is 3.65. The first kappa shape index (κ1) is 16.0. The van der Waals surface area contributed by atoms with Crippen molar-refractivity contribution in [2.24, 2.45) is 5.41 Å². The Hall–Kier alpha value is -1.35. The second kappa shape index (κ2) is 7.60. The maximum absolute atomic E-state index is 12.5. The van der Waals surface area contributed by atoms with Crippen molar-refractivity contribution in [2.45, 2.75) is 58.7 Å². The van der Waals surface area contributed by atoms with Crippen LogP contribution in [0.5, 0.6) is 0 Å². The molecular formula is C18H26O3. The lowest BCUT2D eigenvalue weighted by molar-refractivity contribution is -0.165. The number of hydrogen-bond donors (Lipinski definition) is 0. The van der Waals surface area contributed by atoms with Crippen LogP contribution in [0, 0.1) is 5.41 Å². The van der Waals surface area contributed by atoms with Gasteiger partial charge in [-0.25, -0.2) is 0 Å². The topological polar surface area (TPSA) is 35.5 Å². The quantitative estimate of drug-likeness (QED) is 0.709. The van der Waals surface area contributed by atoms with Crippen molar-refractivity contribution < 1.29 is 14.3 Å². The molecule has 2 atom stereocenters. The number of esters is 1. The molecule has 2 rings (SSSR count). The van der Waals surface area contributed by atoms with E-state index in [0.717, 1.165) is 37.7 Å². The minimum absolute atomic E-state index is 0.0169. The molecule has 1 aliphatic rings. The van der Waals surface area contributed by atoms with E-state index in [4.69, 9.17) is 9.47 Å². The van der Waals surface area contributed by atoms with Gasteiger partial charge >= 0.3 is 5.97 Å². The molecule has 0 radical (unpaired) electrons. The van der Waals surface area contributed by atoms with Crippen LogP contribution < -0.4 is 0 Å². The van der Waals surface area contributed by atoms with E-state index in [1.165, 1.54) is 0 Å². The van der Waals surface area contributed by atoms with E-state index in [9.17, 15) is 4.79 Å². The molecule has 1 aromatic carbocycles. The van der Waals surface area contributed by atoms with E-state index < -0.39 is 5.41 Å². The average Bonchev–Trinajstić information content (AvgIpc) is 2.91. The first-order chi connectivity index (χ1) is 10.2. The van der Waals surface area contributed by atoms with Gasteiger partial charge < -0.3 is 9.47 Å². The molecular weight excluding hydrogens is 264 g/mol. The van der Waals surface area contributed by atoms with Crippen molar-refractivity contribution in [3.05, 3.63) is 35.9 Å². The van der Waals surface area contributed by atoms with Crippen molar-refractivity contribution in [3.8, 4) is 0 Å². The van der Waals surface area contributed by atoms with Crippen LogP contribution in [0.2, 0.25) is 0 Å². The van der Waals surface area contributed by atoms with Crippen molar-refractivity contribution in [3.63, 3.8) is 0 Å². The predicted octanol–water partition coefficient (Wildman–Crippen LogP) is 4.11. The molecule has 0 heterocycles. The van der Waals surface area contributed by atoms with E-state index in [1.54, 1.807) is 0 Å². The van der Waals surface area contributed by atoms with Gasteiger partial charge in [0.05, 0.1) is 24.7 Å². The lowest BCUT2D eigenvalue weighted by atomic mass is 9.79. The van der Waals surface area contributed by atoms with Gasteiger partial charge in [-0.3, -0.25) is 4.79 Å². The lowest BCUT2D eigenvalue weighted by Gasteiger charge is -2.32. The Kier molecular flexibility index (Phi) is 5.80. The van der Waals surface area contributed by atoms with Crippen LogP contribution in [-0.4, -0.2) is 18.7 Å². The molecule has 1 saturated carbocycles. The summed E-state index contributed by atoms with van der Waals surface area (Å²) in [6.45, 7) is 4.99. The molecule has 2 unspecified atom stereocenters. The fourth-order valence-electron chi connectivity index (χ4n) is 3.40. The first-order valence-corrected chi connectivity index (χ1v) is 8.05. The fourth-order valence-corrected chi connectivity index (χ4v) is 3.40. The summed E-state index contributed by atoms with van der Waals surface area (Å²) < 4.78 is 11.5. The summed E-state index contributed by atoms with van der Waals surface area (Å²) in [4.78, 5) is 12.5. The molecule has 116 valence electrons. The smallest absolute Gasteiger partial charge is 0.314 e. The van der Waals surface area contributed by atoms with Crippen LogP contribution in [0.15, 0.2) is 30.3 Å². The van der Waals surface area contributed by atoms with Crippen LogP contribution in [0.25, 0.3) is 0 Å². The summed E-state index contributed by atoms with van der Waals surface area (Å²) in [5.41, 5.74) is 0.721. The number of rotatable bonds is 7. The minimum Gasteiger partial charge on any atom is -0.465 e. The van der Waals surface area contributed by atoms with Crippen LogP contribution in [-0.2, 0) is 20.9 Å². The molecule has 0 aliphatic heterocycles. The molecule has 0 saturated heterocycles. The van der Waals surface area contributed by atoms with Crippen LogP contribution >= 0.6 is 0 Å². The Labute approximate surface area is 127 Å². The van der Waals surface area contributed by atoms with Gasteiger partial charge in [-0.2, -0.15) is 0 Å². The van der Waals surface area contributed by atoms with Gasteiger partial charge in [0.2, 0.25) is 0 Å². The molecule has 1 fully saturated rings. The van der Waals surface area contributed by atoms with E-state index in [2.05, 4.69) is 19.1 Å². The third-order valence-electron chi connectivity index (χ3n) is 4.38. The average molecular weight is 290 g/mol. The summed E-state index contributed by atoms with van der Waals surface area (Å²) in [5.74, 6) is -0.0672. The largest absolute Gasteiger partial charge is 0.465 e. The maximum atomic E-state index is 12.5. The zero-order valence-electron chi connectivity index (χ0n) is 13.1. The second-order valence-corrected chi connectivity index (χ2v) is 5.80. The first-order valence-electron chi connectivity index (χ1n) is 8.05. The summed E-state index contributed by atoms with van der Waals surface area (Å²) in [6, 6.07) is 10.1. The number of carbonyl (C=O) groups is 1. The molecule has 0 spiro atoms. The van der Waals surface area contributed by atoms with Gasteiger partial charge in [0.25, 0.3) is 0 Å². The SMILES string of the molecule is CCCC1(C(=O)OCC)CCCC1OCc1ccccc1. The van der Waals surface area contributed by atoms with E-state index >= 15 is 0 Å². The number of hydrogen-bond acceptors (Lipinski definition) is 3. The normalized spacial score (nSPS) is 25.0.